The van der Waals surface area contributed by atoms with E-state index in [0.717, 1.165) is 36.7 Å². The summed E-state index contributed by atoms with van der Waals surface area (Å²) in [6.07, 6.45) is 2.50. The molecule has 1 aromatic rings. The van der Waals surface area contributed by atoms with E-state index in [2.05, 4.69) is 39.1 Å². The first-order valence-electron chi connectivity index (χ1n) is 9.72. The van der Waals surface area contributed by atoms with Crippen LogP contribution in [0.2, 0.25) is 0 Å². The van der Waals surface area contributed by atoms with E-state index in [9.17, 15) is 8.42 Å². The highest BCUT2D eigenvalue weighted by Crippen LogP contribution is 2.15. The Kier molecular flexibility index (Phi) is 8.53. The first-order chi connectivity index (χ1) is 13.0. The highest BCUT2D eigenvalue weighted by atomic mass is 32.2. The van der Waals surface area contributed by atoms with Gasteiger partial charge in [0.2, 0.25) is 10.0 Å². The molecule has 0 aromatic heterocycles. The minimum absolute atomic E-state index is 0.00738. The molecule has 1 fully saturated rings. The number of benzene rings is 1. The number of sulfonamides is 1. The van der Waals surface area contributed by atoms with Gasteiger partial charge in [-0.05, 0) is 51.0 Å². The Morgan fingerprint density at radius 3 is 2.52 bits per heavy atom. The van der Waals surface area contributed by atoms with Crippen LogP contribution < -0.4 is 15.4 Å². The summed E-state index contributed by atoms with van der Waals surface area (Å²) in [5.41, 5.74) is 1.82. The molecule has 7 nitrogen and oxygen atoms in total. The van der Waals surface area contributed by atoms with Gasteiger partial charge in [-0.15, -0.1) is 0 Å². The number of hydrogen-bond acceptors (Lipinski definition) is 4. The highest BCUT2D eigenvalue weighted by molar-refractivity contribution is 7.88. The van der Waals surface area contributed by atoms with Gasteiger partial charge in [0.25, 0.3) is 0 Å². The third kappa shape index (κ3) is 7.12. The fourth-order valence-electron chi connectivity index (χ4n) is 3.30. The zero-order valence-electron chi connectivity index (χ0n) is 16.7. The quantitative estimate of drug-likeness (QED) is 0.433. The second-order valence-corrected chi connectivity index (χ2v) is 8.71. The molecule has 0 bridgehead atoms. The van der Waals surface area contributed by atoms with E-state index in [0.29, 0.717) is 12.6 Å². The van der Waals surface area contributed by atoms with E-state index >= 15 is 0 Å². The normalized spacial score (nSPS) is 18.6. The van der Waals surface area contributed by atoms with Crippen molar-refractivity contribution >= 4 is 16.0 Å². The van der Waals surface area contributed by atoms with Crippen molar-refractivity contribution in [3.05, 3.63) is 35.4 Å². The SMILES string of the molecule is CCNC(=NCc1ccc(CS(=O)(=O)NC)cc1)NCC1CCCN1CC. The van der Waals surface area contributed by atoms with Crippen LogP contribution in [0.15, 0.2) is 29.3 Å². The Hall–Kier alpha value is -1.64. The molecule has 1 aliphatic rings. The molecular weight excluding hydrogens is 362 g/mol. The molecule has 0 aliphatic carbocycles. The monoisotopic (exact) mass is 395 g/mol. The van der Waals surface area contributed by atoms with Crippen molar-refractivity contribution in [2.75, 3.05) is 33.2 Å². The summed E-state index contributed by atoms with van der Waals surface area (Å²) in [5, 5.41) is 6.75. The number of aliphatic imine (C=N–C) groups is 1. The highest BCUT2D eigenvalue weighted by Gasteiger charge is 2.22. The molecule has 1 saturated heterocycles. The molecule has 152 valence electrons. The number of hydrogen-bond donors (Lipinski definition) is 3. The fraction of sp³-hybridized carbons (Fsp3) is 0.632. The van der Waals surface area contributed by atoms with Crippen molar-refractivity contribution in [1.29, 1.82) is 0 Å². The van der Waals surface area contributed by atoms with Crippen molar-refractivity contribution in [3.8, 4) is 0 Å². The first kappa shape index (κ1) is 21.7. The minimum atomic E-state index is -3.24. The van der Waals surface area contributed by atoms with Gasteiger partial charge in [-0.1, -0.05) is 31.2 Å². The second kappa shape index (κ2) is 10.6. The maximum atomic E-state index is 11.6. The van der Waals surface area contributed by atoms with Crippen LogP contribution >= 0.6 is 0 Å². The van der Waals surface area contributed by atoms with Gasteiger partial charge < -0.3 is 10.6 Å². The molecule has 0 spiro atoms. The minimum Gasteiger partial charge on any atom is -0.357 e. The van der Waals surface area contributed by atoms with Crippen LogP contribution in [0.5, 0.6) is 0 Å². The third-order valence-electron chi connectivity index (χ3n) is 4.87. The number of nitrogens with zero attached hydrogens (tertiary/aromatic N) is 2. The van der Waals surface area contributed by atoms with Crippen molar-refractivity contribution in [2.45, 2.75) is 45.0 Å². The molecule has 0 amide bonds. The Morgan fingerprint density at radius 2 is 1.89 bits per heavy atom. The number of likely N-dealkylation sites (N-methyl/N-ethyl adjacent to an activating group) is 1. The molecule has 2 rings (SSSR count). The number of nitrogens with one attached hydrogen (secondary N) is 3. The van der Waals surface area contributed by atoms with Gasteiger partial charge in [-0.3, -0.25) is 4.90 Å². The lowest BCUT2D eigenvalue weighted by molar-refractivity contribution is 0.267. The summed E-state index contributed by atoms with van der Waals surface area (Å²) in [7, 11) is -1.81. The van der Waals surface area contributed by atoms with Gasteiger partial charge in [0.1, 0.15) is 0 Å². The van der Waals surface area contributed by atoms with Crippen LogP contribution in [-0.2, 0) is 22.3 Å². The fourth-order valence-corrected chi connectivity index (χ4v) is 4.08. The van der Waals surface area contributed by atoms with Gasteiger partial charge in [0, 0.05) is 19.1 Å². The Morgan fingerprint density at radius 1 is 1.19 bits per heavy atom. The van der Waals surface area contributed by atoms with Gasteiger partial charge in [0.15, 0.2) is 5.96 Å². The summed E-state index contributed by atoms with van der Waals surface area (Å²) in [4.78, 5) is 7.17. The summed E-state index contributed by atoms with van der Waals surface area (Å²) in [6, 6.07) is 8.13. The van der Waals surface area contributed by atoms with Gasteiger partial charge >= 0.3 is 0 Å². The smallest absolute Gasteiger partial charge is 0.215 e. The van der Waals surface area contributed by atoms with Gasteiger partial charge in [-0.25, -0.2) is 18.1 Å². The Labute approximate surface area is 163 Å². The molecule has 0 saturated carbocycles. The molecule has 1 heterocycles. The number of likely N-dealkylation sites (tertiary alicyclic amines) is 1. The van der Waals surface area contributed by atoms with Crippen LogP contribution in [0.1, 0.15) is 37.8 Å². The van der Waals surface area contributed by atoms with Crippen LogP contribution in [0.4, 0.5) is 0 Å². The third-order valence-corrected chi connectivity index (χ3v) is 6.20. The molecule has 1 unspecified atom stereocenters. The standard InChI is InChI=1S/C19H33N5O2S/c1-4-21-19(23-14-18-7-6-12-24(18)5-2)22-13-16-8-10-17(11-9-16)15-27(25,26)20-3/h8-11,18,20H,4-7,12-15H2,1-3H3,(H2,21,22,23). The van der Waals surface area contributed by atoms with Crippen LogP contribution in [-0.4, -0.2) is 58.5 Å². The lowest BCUT2D eigenvalue weighted by atomic mass is 10.1. The summed E-state index contributed by atoms with van der Waals surface area (Å²) in [5.74, 6) is 0.814. The zero-order chi connectivity index (χ0) is 19.7. The predicted octanol–water partition coefficient (Wildman–Crippen LogP) is 1.28. The second-order valence-electron chi connectivity index (χ2n) is 6.78. The molecule has 1 aliphatic heterocycles. The molecule has 1 aromatic carbocycles. The lowest BCUT2D eigenvalue weighted by Gasteiger charge is -2.24. The van der Waals surface area contributed by atoms with E-state index in [1.807, 2.05) is 24.3 Å². The average Bonchev–Trinajstić information content (AvgIpc) is 3.12. The van der Waals surface area contributed by atoms with Crippen LogP contribution in [0.3, 0.4) is 0 Å². The van der Waals surface area contributed by atoms with Crippen molar-refractivity contribution in [3.63, 3.8) is 0 Å². The number of guanidine groups is 1. The molecule has 3 N–H and O–H groups in total. The van der Waals surface area contributed by atoms with E-state index in [1.165, 1.54) is 26.4 Å². The van der Waals surface area contributed by atoms with E-state index < -0.39 is 10.0 Å². The first-order valence-corrected chi connectivity index (χ1v) is 11.4. The molecular formula is C19H33N5O2S. The lowest BCUT2D eigenvalue weighted by Crippen LogP contribution is -2.44. The van der Waals surface area contributed by atoms with Crippen molar-refractivity contribution in [2.24, 2.45) is 4.99 Å². The molecule has 27 heavy (non-hydrogen) atoms. The predicted molar refractivity (Wildman–Crippen MR) is 111 cm³/mol. The average molecular weight is 396 g/mol. The summed E-state index contributed by atoms with van der Waals surface area (Å²) < 4.78 is 25.6. The van der Waals surface area contributed by atoms with Crippen LogP contribution in [0, 0.1) is 0 Å². The maximum absolute atomic E-state index is 11.6. The maximum Gasteiger partial charge on any atom is 0.215 e. The Bertz CT molecular complexity index is 703. The summed E-state index contributed by atoms with van der Waals surface area (Å²) >= 11 is 0. The van der Waals surface area contributed by atoms with Crippen molar-refractivity contribution < 1.29 is 8.42 Å². The van der Waals surface area contributed by atoms with Crippen molar-refractivity contribution in [1.82, 2.24) is 20.3 Å². The van der Waals surface area contributed by atoms with E-state index in [-0.39, 0.29) is 5.75 Å². The van der Waals surface area contributed by atoms with Gasteiger partial charge in [0.05, 0.1) is 12.3 Å². The zero-order valence-corrected chi connectivity index (χ0v) is 17.5. The van der Waals surface area contributed by atoms with Gasteiger partial charge in [-0.2, -0.15) is 0 Å². The van der Waals surface area contributed by atoms with E-state index in [4.69, 9.17) is 0 Å². The molecule has 1 atom stereocenters. The summed E-state index contributed by atoms with van der Waals surface area (Å²) in [6.45, 7) is 8.82. The van der Waals surface area contributed by atoms with Crippen LogP contribution in [0.25, 0.3) is 0 Å². The topological polar surface area (TPSA) is 85.8 Å². The van der Waals surface area contributed by atoms with E-state index in [1.54, 1.807) is 0 Å². The molecule has 8 heteroatoms. The Balaban J connectivity index is 1.91. The number of rotatable bonds is 9. The molecule has 0 radical (unpaired) electrons. The largest absolute Gasteiger partial charge is 0.357 e.